The van der Waals surface area contributed by atoms with Gasteiger partial charge in [-0.05, 0) is 48.4 Å². The Labute approximate surface area is 167 Å². The number of aryl methyl sites for hydroxylation is 1. The number of nitrogens with zero attached hydrogens (tertiary/aromatic N) is 1. The predicted octanol–water partition coefficient (Wildman–Crippen LogP) is 4.43. The summed E-state index contributed by atoms with van der Waals surface area (Å²) in [7, 11) is 4.66. The Morgan fingerprint density at radius 2 is 1.70 bits per heavy atom. The Kier molecular flexibility index (Phi) is 5.72. The van der Waals surface area contributed by atoms with E-state index in [4.69, 9.17) is 26.4 Å². The zero-order chi connectivity index (χ0) is 19.6. The molecule has 2 aromatic rings. The number of carbonyl (C=O) groups is 1. The van der Waals surface area contributed by atoms with Crippen LogP contribution in [0.3, 0.4) is 0 Å². The van der Waals surface area contributed by atoms with E-state index in [0.29, 0.717) is 26.5 Å². The predicted molar refractivity (Wildman–Crippen MR) is 113 cm³/mol. The Hall–Kier alpha value is -2.51. The van der Waals surface area contributed by atoms with Gasteiger partial charge in [0.1, 0.15) is 0 Å². The maximum absolute atomic E-state index is 12.9. The van der Waals surface area contributed by atoms with Crippen LogP contribution in [0.15, 0.2) is 41.3 Å². The quantitative estimate of drug-likeness (QED) is 0.546. The normalized spacial score (nSPS) is 15.4. The van der Waals surface area contributed by atoms with Crippen LogP contribution in [0.1, 0.15) is 11.1 Å². The number of rotatable bonds is 5. The lowest BCUT2D eigenvalue weighted by Crippen LogP contribution is -2.27. The van der Waals surface area contributed by atoms with Crippen molar-refractivity contribution in [3.8, 4) is 17.2 Å². The molecule has 0 aromatic heterocycles. The first-order valence-corrected chi connectivity index (χ1v) is 9.35. The minimum Gasteiger partial charge on any atom is -0.493 e. The summed E-state index contributed by atoms with van der Waals surface area (Å²) in [5.74, 6) is 1.41. The summed E-state index contributed by atoms with van der Waals surface area (Å²) in [4.78, 5) is 15.0. The van der Waals surface area contributed by atoms with E-state index in [1.807, 2.05) is 31.2 Å². The van der Waals surface area contributed by atoms with E-state index in [-0.39, 0.29) is 5.91 Å². The molecule has 1 fully saturated rings. The molecule has 2 aromatic carbocycles. The number of thioether (sulfide) groups is 1. The molecule has 1 aliphatic heterocycles. The molecule has 0 atom stereocenters. The van der Waals surface area contributed by atoms with Gasteiger partial charge in [-0.15, -0.1) is 0 Å². The second kappa shape index (κ2) is 8.02. The van der Waals surface area contributed by atoms with Crippen molar-refractivity contribution >= 4 is 46.0 Å². The van der Waals surface area contributed by atoms with E-state index in [1.165, 1.54) is 11.8 Å². The molecule has 3 rings (SSSR count). The summed E-state index contributed by atoms with van der Waals surface area (Å²) in [6.07, 6.45) is 1.78. The van der Waals surface area contributed by atoms with Crippen LogP contribution in [-0.2, 0) is 4.79 Å². The van der Waals surface area contributed by atoms with Gasteiger partial charge >= 0.3 is 0 Å². The fourth-order valence-corrected chi connectivity index (χ4v) is 4.09. The largest absolute Gasteiger partial charge is 0.493 e. The van der Waals surface area contributed by atoms with Gasteiger partial charge in [-0.25, -0.2) is 0 Å². The Balaban J connectivity index is 1.99. The molecule has 140 valence electrons. The van der Waals surface area contributed by atoms with Gasteiger partial charge in [-0.2, -0.15) is 0 Å². The summed E-state index contributed by atoms with van der Waals surface area (Å²) < 4.78 is 16.6. The molecule has 1 aliphatic rings. The Morgan fingerprint density at radius 3 is 2.26 bits per heavy atom. The van der Waals surface area contributed by atoms with Gasteiger partial charge in [0.2, 0.25) is 5.75 Å². The fraction of sp³-hybridized carbons (Fsp3) is 0.200. The number of methoxy groups -OCH3 is 3. The van der Waals surface area contributed by atoms with E-state index in [2.05, 4.69) is 0 Å². The van der Waals surface area contributed by atoms with Gasteiger partial charge < -0.3 is 14.2 Å². The molecule has 27 heavy (non-hydrogen) atoms. The number of hydrogen-bond acceptors (Lipinski definition) is 6. The van der Waals surface area contributed by atoms with Gasteiger partial charge in [-0.3, -0.25) is 9.69 Å². The summed E-state index contributed by atoms with van der Waals surface area (Å²) in [6, 6.07) is 11.3. The number of amides is 1. The standard InChI is InChI=1S/C20H19NO4S2/c1-12-6-5-7-14(8-12)21-19(22)17(27-20(21)26)11-13-9-15(23-2)18(25-4)16(10-13)24-3/h5-11H,1-4H3. The maximum Gasteiger partial charge on any atom is 0.270 e. The van der Waals surface area contributed by atoms with E-state index in [9.17, 15) is 4.79 Å². The minimum absolute atomic E-state index is 0.149. The first-order valence-electron chi connectivity index (χ1n) is 8.13. The van der Waals surface area contributed by atoms with Crippen LogP contribution >= 0.6 is 24.0 Å². The van der Waals surface area contributed by atoms with Gasteiger partial charge in [-0.1, -0.05) is 36.1 Å². The highest BCUT2D eigenvalue weighted by Gasteiger charge is 2.33. The second-order valence-corrected chi connectivity index (χ2v) is 7.49. The lowest BCUT2D eigenvalue weighted by atomic mass is 10.1. The SMILES string of the molecule is COc1cc(C=C2SC(=S)N(c3cccc(C)c3)C2=O)cc(OC)c1OC. The van der Waals surface area contributed by atoms with Gasteiger partial charge in [0.25, 0.3) is 5.91 Å². The highest BCUT2D eigenvalue weighted by atomic mass is 32.2. The highest BCUT2D eigenvalue weighted by molar-refractivity contribution is 8.27. The highest BCUT2D eigenvalue weighted by Crippen LogP contribution is 2.41. The smallest absolute Gasteiger partial charge is 0.270 e. The molecule has 7 heteroatoms. The lowest BCUT2D eigenvalue weighted by molar-refractivity contribution is -0.113. The average molecular weight is 402 g/mol. The third kappa shape index (κ3) is 3.79. The van der Waals surface area contributed by atoms with Crippen LogP contribution in [0.4, 0.5) is 5.69 Å². The zero-order valence-electron chi connectivity index (χ0n) is 15.4. The second-order valence-electron chi connectivity index (χ2n) is 5.81. The number of hydrogen-bond donors (Lipinski definition) is 0. The van der Waals surface area contributed by atoms with Crippen molar-refractivity contribution in [2.75, 3.05) is 26.2 Å². The van der Waals surface area contributed by atoms with Crippen LogP contribution in [0.5, 0.6) is 17.2 Å². The molecule has 1 amide bonds. The number of anilines is 1. The van der Waals surface area contributed by atoms with E-state index < -0.39 is 0 Å². The summed E-state index contributed by atoms with van der Waals surface area (Å²) >= 11 is 6.70. The third-order valence-corrected chi connectivity index (χ3v) is 5.34. The number of thiocarbonyl (C=S) groups is 1. The molecular formula is C20H19NO4S2. The van der Waals surface area contributed by atoms with Crippen molar-refractivity contribution in [1.29, 1.82) is 0 Å². The van der Waals surface area contributed by atoms with E-state index in [1.54, 1.807) is 44.4 Å². The fourth-order valence-electron chi connectivity index (χ4n) is 2.79. The number of carbonyl (C=O) groups excluding carboxylic acids is 1. The lowest BCUT2D eigenvalue weighted by Gasteiger charge is -2.15. The summed E-state index contributed by atoms with van der Waals surface area (Å²) in [5.41, 5.74) is 2.59. The Bertz CT molecular complexity index is 914. The van der Waals surface area contributed by atoms with Crippen LogP contribution < -0.4 is 19.1 Å². The van der Waals surface area contributed by atoms with Crippen molar-refractivity contribution in [3.05, 3.63) is 52.4 Å². The number of benzene rings is 2. The average Bonchev–Trinajstić information content (AvgIpc) is 2.94. The molecule has 0 radical (unpaired) electrons. The van der Waals surface area contributed by atoms with Crippen molar-refractivity contribution in [2.24, 2.45) is 0 Å². The molecule has 0 saturated carbocycles. The first-order chi connectivity index (χ1) is 13.0. The van der Waals surface area contributed by atoms with Crippen LogP contribution in [0, 0.1) is 6.92 Å². The minimum atomic E-state index is -0.149. The van der Waals surface area contributed by atoms with Crippen molar-refractivity contribution in [3.63, 3.8) is 0 Å². The van der Waals surface area contributed by atoms with Crippen LogP contribution in [-0.4, -0.2) is 31.6 Å². The van der Waals surface area contributed by atoms with Gasteiger partial charge in [0, 0.05) is 0 Å². The molecule has 0 unspecified atom stereocenters. The molecule has 0 N–H and O–H groups in total. The topological polar surface area (TPSA) is 48.0 Å². The number of ether oxygens (including phenoxy) is 3. The molecule has 0 aliphatic carbocycles. The molecule has 0 bridgehead atoms. The monoisotopic (exact) mass is 401 g/mol. The van der Waals surface area contributed by atoms with Crippen LogP contribution in [0.25, 0.3) is 6.08 Å². The van der Waals surface area contributed by atoms with Crippen LogP contribution in [0.2, 0.25) is 0 Å². The molecule has 0 spiro atoms. The van der Waals surface area contributed by atoms with Crippen molar-refractivity contribution in [1.82, 2.24) is 0 Å². The molecule has 1 saturated heterocycles. The summed E-state index contributed by atoms with van der Waals surface area (Å²) in [5, 5.41) is 0. The Morgan fingerprint density at radius 1 is 1.04 bits per heavy atom. The van der Waals surface area contributed by atoms with Crippen molar-refractivity contribution < 1.29 is 19.0 Å². The molecule has 1 heterocycles. The third-order valence-electron chi connectivity index (χ3n) is 4.04. The first kappa shape index (κ1) is 19.3. The van der Waals surface area contributed by atoms with Gasteiger partial charge in [0.15, 0.2) is 15.8 Å². The van der Waals surface area contributed by atoms with E-state index >= 15 is 0 Å². The summed E-state index contributed by atoms with van der Waals surface area (Å²) in [6.45, 7) is 1.98. The molecule has 5 nitrogen and oxygen atoms in total. The van der Waals surface area contributed by atoms with Gasteiger partial charge in [0.05, 0.1) is 31.9 Å². The zero-order valence-corrected chi connectivity index (χ0v) is 17.1. The van der Waals surface area contributed by atoms with Crippen molar-refractivity contribution in [2.45, 2.75) is 6.92 Å². The maximum atomic E-state index is 12.9. The van der Waals surface area contributed by atoms with E-state index in [0.717, 1.165) is 16.8 Å². The molecular weight excluding hydrogens is 382 g/mol.